The molecule has 5 aromatic rings. The Balaban J connectivity index is 1.61. The van der Waals surface area contributed by atoms with Crippen molar-refractivity contribution in [3.05, 3.63) is 95.6 Å². The zero-order chi connectivity index (χ0) is 23.5. The summed E-state index contributed by atoms with van der Waals surface area (Å²) < 4.78 is 6.85. The van der Waals surface area contributed by atoms with Crippen LogP contribution in [0.4, 0.5) is 5.82 Å². The molecule has 0 aliphatic rings. The molecule has 0 saturated heterocycles. The first kappa shape index (κ1) is 21.1. The predicted octanol–water partition coefficient (Wildman–Crippen LogP) is 3.99. The third-order valence-electron chi connectivity index (χ3n) is 5.45. The molecule has 3 aromatic carbocycles. The van der Waals surface area contributed by atoms with Gasteiger partial charge in [-0.2, -0.15) is 9.78 Å². The van der Waals surface area contributed by atoms with E-state index in [0.29, 0.717) is 34.5 Å². The number of amides is 1. The molecule has 3 N–H and O–H groups in total. The number of carbonyl (C=O) groups is 1. The SMILES string of the molecule is COc1ccccc1C=Nn1c(N)c(C(=O)NCc2ccccc2)c2nc3ccccc3nc21. The number of anilines is 1. The highest BCUT2D eigenvalue weighted by Crippen LogP contribution is 2.28. The second-order valence-corrected chi connectivity index (χ2v) is 7.61. The van der Waals surface area contributed by atoms with Crippen LogP contribution in [0.2, 0.25) is 0 Å². The van der Waals surface area contributed by atoms with Crippen LogP contribution < -0.4 is 15.8 Å². The number of nitrogen functional groups attached to an aromatic ring is 1. The van der Waals surface area contributed by atoms with E-state index in [1.807, 2.05) is 78.9 Å². The van der Waals surface area contributed by atoms with Crippen LogP contribution in [0.1, 0.15) is 21.5 Å². The van der Waals surface area contributed by atoms with Crippen molar-refractivity contribution in [1.82, 2.24) is 20.0 Å². The average molecular weight is 451 g/mol. The van der Waals surface area contributed by atoms with E-state index >= 15 is 0 Å². The Morgan fingerprint density at radius 1 is 1.00 bits per heavy atom. The van der Waals surface area contributed by atoms with Crippen LogP contribution >= 0.6 is 0 Å². The van der Waals surface area contributed by atoms with Gasteiger partial charge in [-0.05, 0) is 29.8 Å². The van der Waals surface area contributed by atoms with Gasteiger partial charge in [-0.3, -0.25) is 4.79 Å². The van der Waals surface area contributed by atoms with Gasteiger partial charge in [-0.1, -0.05) is 54.6 Å². The number of rotatable bonds is 6. The Morgan fingerprint density at radius 3 is 2.44 bits per heavy atom. The summed E-state index contributed by atoms with van der Waals surface area (Å²) in [6.07, 6.45) is 1.62. The molecule has 0 atom stereocenters. The van der Waals surface area contributed by atoms with Crippen molar-refractivity contribution in [2.75, 3.05) is 12.8 Å². The third-order valence-corrected chi connectivity index (χ3v) is 5.45. The fourth-order valence-corrected chi connectivity index (χ4v) is 3.75. The lowest BCUT2D eigenvalue weighted by atomic mass is 10.2. The number of nitrogens with two attached hydrogens (primary N) is 1. The van der Waals surface area contributed by atoms with Gasteiger partial charge in [0.2, 0.25) is 0 Å². The first-order chi connectivity index (χ1) is 16.7. The van der Waals surface area contributed by atoms with Gasteiger partial charge in [0, 0.05) is 12.1 Å². The topological polar surface area (TPSA) is 107 Å². The summed E-state index contributed by atoms with van der Waals surface area (Å²) in [5, 5.41) is 7.47. The van der Waals surface area contributed by atoms with Gasteiger partial charge in [-0.25, -0.2) is 9.97 Å². The standard InChI is InChI=1S/C26H22N6O2/c1-34-21-14-8-5-11-18(21)16-29-32-24(27)22(26(33)28-15-17-9-3-2-4-10-17)23-25(32)31-20-13-7-6-12-19(20)30-23/h2-14,16H,15,27H2,1H3,(H,28,33). The van der Waals surface area contributed by atoms with Crippen LogP contribution in [0.15, 0.2) is 84.0 Å². The lowest BCUT2D eigenvalue weighted by Gasteiger charge is -2.06. The first-order valence-corrected chi connectivity index (χ1v) is 10.7. The van der Waals surface area contributed by atoms with Gasteiger partial charge in [0.1, 0.15) is 22.6 Å². The summed E-state index contributed by atoms with van der Waals surface area (Å²) in [4.78, 5) is 22.6. The minimum atomic E-state index is -0.345. The van der Waals surface area contributed by atoms with Crippen LogP contribution in [0.3, 0.4) is 0 Å². The molecular formula is C26H22N6O2. The number of carbonyl (C=O) groups excluding carboxylic acids is 1. The van der Waals surface area contributed by atoms with E-state index < -0.39 is 0 Å². The van der Waals surface area contributed by atoms with Crippen molar-refractivity contribution in [1.29, 1.82) is 0 Å². The van der Waals surface area contributed by atoms with Gasteiger partial charge >= 0.3 is 0 Å². The molecule has 0 bridgehead atoms. The molecule has 0 unspecified atom stereocenters. The second kappa shape index (κ2) is 9.03. The highest BCUT2D eigenvalue weighted by atomic mass is 16.5. The summed E-state index contributed by atoms with van der Waals surface area (Å²) in [6.45, 7) is 0.358. The number of benzene rings is 3. The lowest BCUT2D eigenvalue weighted by molar-refractivity contribution is 0.0953. The fourth-order valence-electron chi connectivity index (χ4n) is 3.75. The number of methoxy groups -OCH3 is 1. The highest BCUT2D eigenvalue weighted by Gasteiger charge is 2.24. The summed E-state index contributed by atoms with van der Waals surface area (Å²) in [7, 11) is 1.60. The zero-order valence-corrected chi connectivity index (χ0v) is 18.5. The Hall–Kier alpha value is -4.72. The van der Waals surface area contributed by atoms with E-state index in [4.69, 9.17) is 20.4 Å². The van der Waals surface area contributed by atoms with Gasteiger partial charge in [-0.15, -0.1) is 0 Å². The highest BCUT2D eigenvalue weighted by molar-refractivity contribution is 6.10. The number of nitrogens with zero attached hydrogens (tertiary/aromatic N) is 4. The van der Waals surface area contributed by atoms with Gasteiger partial charge in [0.05, 0.1) is 24.4 Å². The molecule has 0 aliphatic heterocycles. The molecule has 5 rings (SSSR count). The zero-order valence-electron chi connectivity index (χ0n) is 18.5. The van der Waals surface area contributed by atoms with Gasteiger partial charge in [0.25, 0.3) is 5.91 Å². The Labute approximate surface area is 195 Å². The number of ether oxygens (including phenoxy) is 1. The van der Waals surface area contributed by atoms with Crippen molar-refractivity contribution >= 4 is 40.1 Å². The maximum absolute atomic E-state index is 13.2. The molecule has 0 aliphatic carbocycles. The molecular weight excluding hydrogens is 428 g/mol. The van der Waals surface area contributed by atoms with E-state index in [1.165, 1.54) is 4.68 Å². The largest absolute Gasteiger partial charge is 0.496 e. The third kappa shape index (κ3) is 3.93. The summed E-state index contributed by atoms with van der Waals surface area (Å²) >= 11 is 0. The van der Waals surface area contributed by atoms with E-state index in [-0.39, 0.29) is 17.3 Å². The van der Waals surface area contributed by atoms with E-state index in [2.05, 4.69) is 10.4 Å². The average Bonchev–Trinajstić information content (AvgIpc) is 3.15. The van der Waals surface area contributed by atoms with E-state index in [0.717, 1.165) is 11.1 Å². The molecule has 34 heavy (non-hydrogen) atoms. The monoisotopic (exact) mass is 450 g/mol. The van der Waals surface area contributed by atoms with E-state index in [9.17, 15) is 4.79 Å². The van der Waals surface area contributed by atoms with Crippen molar-refractivity contribution in [3.8, 4) is 5.75 Å². The summed E-state index contributed by atoms with van der Waals surface area (Å²) in [6, 6.07) is 24.6. The second-order valence-electron chi connectivity index (χ2n) is 7.61. The van der Waals surface area contributed by atoms with Crippen LogP contribution in [0.25, 0.3) is 22.2 Å². The molecule has 168 valence electrons. The number of hydrogen-bond acceptors (Lipinski definition) is 6. The summed E-state index contributed by atoms with van der Waals surface area (Å²) in [5.74, 6) is 0.475. The number of hydrogen-bond donors (Lipinski definition) is 2. The molecule has 0 radical (unpaired) electrons. The molecule has 8 nitrogen and oxygen atoms in total. The quantitative estimate of drug-likeness (QED) is 0.381. The number of nitrogens with one attached hydrogen (secondary N) is 1. The van der Waals surface area contributed by atoms with Crippen LogP contribution in [0, 0.1) is 0 Å². The number of para-hydroxylation sites is 3. The molecule has 8 heteroatoms. The Bertz CT molecular complexity index is 1530. The molecule has 1 amide bonds. The van der Waals surface area contributed by atoms with Gasteiger partial charge < -0.3 is 15.8 Å². The number of aromatic nitrogens is 3. The summed E-state index contributed by atoms with van der Waals surface area (Å²) in [5.41, 5.74) is 10.6. The molecule has 0 saturated carbocycles. The van der Waals surface area contributed by atoms with Gasteiger partial charge in [0.15, 0.2) is 5.65 Å². The van der Waals surface area contributed by atoms with Crippen molar-refractivity contribution in [3.63, 3.8) is 0 Å². The molecule has 2 heterocycles. The van der Waals surface area contributed by atoms with Crippen molar-refractivity contribution < 1.29 is 9.53 Å². The predicted molar refractivity (Wildman–Crippen MR) is 133 cm³/mol. The van der Waals surface area contributed by atoms with Crippen LogP contribution in [-0.2, 0) is 6.54 Å². The lowest BCUT2D eigenvalue weighted by Crippen LogP contribution is -2.23. The van der Waals surface area contributed by atoms with E-state index in [1.54, 1.807) is 13.3 Å². The molecule has 2 aromatic heterocycles. The maximum Gasteiger partial charge on any atom is 0.257 e. The smallest absolute Gasteiger partial charge is 0.257 e. The Kier molecular flexibility index (Phi) is 5.61. The molecule has 0 fully saturated rings. The normalized spacial score (nSPS) is 11.3. The van der Waals surface area contributed by atoms with Crippen LogP contribution in [0.5, 0.6) is 5.75 Å². The van der Waals surface area contributed by atoms with Crippen LogP contribution in [-0.4, -0.2) is 33.9 Å². The maximum atomic E-state index is 13.2. The van der Waals surface area contributed by atoms with Crippen molar-refractivity contribution in [2.24, 2.45) is 5.10 Å². The first-order valence-electron chi connectivity index (χ1n) is 10.7. The minimum Gasteiger partial charge on any atom is -0.496 e. The fraction of sp³-hybridized carbons (Fsp3) is 0.0769. The number of fused-ring (bicyclic) bond motifs is 2. The molecule has 0 spiro atoms. The van der Waals surface area contributed by atoms with Crippen molar-refractivity contribution in [2.45, 2.75) is 6.54 Å². The Morgan fingerprint density at radius 2 is 1.68 bits per heavy atom. The minimum absolute atomic E-state index is 0.155.